The molecule has 3 aromatic rings. The normalized spacial score (nSPS) is 17.6. The molecule has 8 heteroatoms. The molecule has 0 aromatic carbocycles. The third kappa shape index (κ3) is 3.74. The summed E-state index contributed by atoms with van der Waals surface area (Å²) in [4.78, 5) is 19.0. The monoisotopic (exact) mass is 406 g/mol. The van der Waals surface area contributed by atoms with Crippen LogP contribution in [0.2, 0.25) is 0 Å². The van der Waals surface area contributed by atoms with Gasteiger partial charge in [-0.15, -0.1) is 10.2 Å². The lowest BCUT2D eigenvalue weighted by Crippen LogP contribution is -2.38. The van der Waals surface area contributed by atoms with E-state index in [2.05, 4.69) is 21.2 Å². The summed E-state index contributed by atoms with van der Waals surface area (Å²) in [6, 6.07) is 7.62. The number of ether oxygens (including phenoxy) is 1. The summed E-state index contributed by atoms with van der Waals surface area (Å²) >= 11 is 0. The number of hydrogen-bond acceptors (Lipinski definition) is 6. The van der Waals surface area contributed by atoms with E-state index in [9.17, 15) is 4.79 Å². The summed E-state index contributed by atoms with van der Waals surface area (Å²) < 4.78 is 7.46. The fourth-order valence-corrected chi connectivity index (χ4v) is 4.01. The highest BCUT2D eigenvalue weighted by atomic mass is 16.5. The van der Waals surface area contributed by atoms with Crippen molar-refractivity contribution >= 4 is 11.6 Å². The Labute approximate surface area is 175 Å². The fraction of sp³-hybridized carbons (Fsp3) is 0.500. The molecule has 0 N–H and O–H groups in total. The first-order valence-corrected chi connectivity index (χ1v) is 10.7. The molecule has 0 radical (unpaired) electrons. The highest BCUT2D eigenvalue weighted by molar-refractivity contribution is 5.94. The van der Waals surface area contributed by atoms with E-state index in [1.807, 2.05) is 29.3 Å². The zero-order valence-corrected chi connectivity index (χ0v) is 17.4. The number of pyridine rings is 1. The standard InChI is InChI=1S/C22H26N6O2/c1-14(2)30-20-8-5-17(13-23-20)22(29)27-11-9-16(10-12-27)21-25-24-19-7-6-18(15-3-4-15)26-28(19)21/h5-8,13-16H,3-4,9-12H2,1-2H3. The molecule has 156 valence electrons. The van der Waals surface area contributed by atoms with Gasteiger partial charge < -0.3 is 9.64 Å². The molecule has 8 nitrogen and oxygen atoms in total. The Morgan fingerprint density at radius 3 is 2.50 bits per heavy atom. The van der Waals surface area contributed by atoms with Crippen LogP contribution in [0.4, 0.5) is 0 Å². The quantitative estimate of drug-likeness (QED) is 0.647. The lowest BCUT2D eigenvalue weighted by Gasteiger charge is -2.31. The number of aromatic nitrogens is 5. The van der Waals surface area contributed by atoms with Gasteiger partial charge in [-0.2, -0.15) is 9.61 Å². The van der Waals surface area contributed by atoms with Crippen LogP contribution in [0.1, 0.15) is 73.2 Å². The van der Waals surface area contributed by atoms with Crippen molar-refractivity contribution < 1.29 is 9.53 Å². The van der Waals surface area contributed by atoms with E-state index in [1.165, 1.54) is 12.8 Å². The second-order valence-electron chi connectivity index (χ2n) is 8.48. The van der Waals surface area contributed by atoms with Gasteiger partial charge in [-0.05, 0) is 57.7 Å². The van der Waals surface area contributed by atoms with Gasteiger partial charge in [0.15, 0.2) is 11.5 Å². The van der Waals surface area contributed by atoms with Gasteiger partial charge in [-0.25, -0.2) is 4.98 Å². The minimum Gasteiger partial charge on any atom is -0.475 e. The van der Waals surface area contributed by atoms with Crippen molar-refractivity contribution in [3.63, 3.8) is 0 Å². The summed E-state index contributed by atoms with van der Waals surface area (Å²) in [5.41, 5.74) is 2.52. The van der Waals surface area contributed by atoms with Crippen molar-refractivity contribution in [3.05, 3.63) is 47.5 Å². The predicted molar refractivity (Wildman–Crippen MR) is 111 cm³/mol. The average Bonchev–Trinajstić information content (AvgIpc) is 3.53. The van der Waals surface area contributed by atoms with E-state index in [-0.39, 0.29) is 17.9 Å². The van der Waals surface area contributed by atoms with Crippen LogP contribution in [0.3, 0.4) is 0 Å². The minimum absolute atomic E-state index is 0.0114. The van der Waals surface area contributed by atoms with Crippen molar-refractivity contribution in [1.29, 1.82) is 0 Å². The van der Waals surface area contributed by atoms with Crippen LogP contribution >= 0.6 is 0 Å². The van der Waals surface area contributed by atoms with Gasteiger partial charge in [0.1, 0.15) is 0 Å². The first-order valence-electron chi connectivity index (χ1n) is 10.7. The Hall–Kier alpha value is -3.03. The van der Waals surface area contributed by atoms with Crippen LogP contribution in [0.15, 0.2) is 30.5 Å². The smallest absolute Gasteiger partial charge is 0.255 e. The minimum atomic E-state index is 0.0114. The molecule has 0 unspecified atom stereocenters. The van der Waals surface area contributed by atoms with Crippen molar-refractivity contribution in [2.45, 2.75) is 57.5 Å². The van der Waals surface area contributed by atoms with E-state index in [0.29, 0.717) is 30.5 Å². The van der Waals surface area contributed by atoms with Crippen LogP contribution < -0.4 is 4.74 Å². The van der Waals surface area contributed by atoms with Gasteiger partial charge in [0.25, 0.3) is 5.91 Å². The topological polar surface area (TPSA) is 85.5 Å². The molecule has 1 amide bonds. The molecule has 0 bridgehead atoms. The van der Waals surface area contributed by atoms with E-state index in [4.69, 9.17) is 9.84 Å². The number of amides is 1. The summed E-state index contributed by atoms with van der Waals surface area (Å²) in [6.45, 7) is 5.27. The molecular weight excluding hydrogens is 380 g/mol. The molecule has 3 aromatic heterocycles. The second kappa shape index (κ2) is 7.66. The lowest BCUT2D eigenvalue weighted by atomic mass is 9.95. The zero-order valence-electron chi connectivity index (χ0n) is 17.4. The predicted octanol–water partition coefficient (Wildman–Crippen LogP) is 3.20. The highest BCUT2D eigenvalue weighted by Gasteiger charge is 2.29. The molecule has 30 heavy (non-hydrogen) atoms. The third-order valence-corrected chi connectivity index (χ3v) is 5.79. The number of carbonyl (C=O) groups excluding carboxylic acids is 1. The van der Waals surface area contributed by atoms with E-state index in [0.717, 1.165) is 30.0 Å². The Bertz CT molecular complexity index is 1050. The SMILES string of the molecule is CC(C)Oc1ccc(C(=O)N2CCC(c3nnc4ccc(C5CC5)nn34)CC2)cn1. The van der Waals surface area contributed by atoms with E-state index in [1.54, 1.807) is 18.3 Å². The molecule has 1 saturated carbocycles. The van der Waals surface area contributed by atoms with Crippen LogP contribution in [0, 0.1) is 0 Å². The maximum absolute atomic E-state index is 12.9. The van der Waals surface area contributed by atoms with Crippen molar-refractivity contribution in [3.8, 4) is 5.88 Å². The Morgan fingerprint density at radius 2 is 1.83 bits per heavy atom. The second-order valence-corrected chi connectivity index (χ2v) is 8.48. The van der Waals surface area contributed by atoms with Gasteiger partial charge in [-0.1, -0.05) is 0 Å². The molecule has 5 rings (SSSR count). The number of nitrogens with zero attached hydrogens (tertiary/aromatic N) is 6. The molecule has 0 atom stereocenters. The summed E-state index contributed by atoms with van der Waals surface area (Å²) in [5.74, 6) is 2.31. The summed E-state index contributed by atoms with van der Waals surface area (Å²) in [7, 11) is 0. The number of hydrogen-bond donors (Lipinski definition) is 0. The summed E-state index contributed by atoms with van der Waals surface area (Å²) in [5, 5.41) is 13.5. The van der Waals surface area contributed by atoms with Gasteiger partial charge in [0.05, 0.1) is 17.4 Å². The Balaban J connectivity index is 1.25. The van der Waals surface area contributed by atoms with Gasteiger partial charge in [0.2, 0.25) is 5.88 Å². The molecule has 4 heterocycles. The lowest BCUT2D eigenvalue weighted by molar-refractivity contribution is 0.0710. The number of rotatable bonds is 5. The maximum atomic E-state index is 12.9. The maximum Gasteiger partial charge on any atom is 0.255 e. The van der Waals surface area contributed by atoms with Crippen LogP contribution in [-0.2, 0) is 0 Å². The number of carbonyl (C=O) groups is 1. The Morgan fingerprint density at radius 1 is 1.03 bits per heavy atom. The van der Waals surface area contributed by atoms with Crippen molar-refractivity contribution in [1.82, 2.24) is 29.7 Å². The molecule has 2 fully saturated rings. The molecule has 1 aliphatic carbocycles. The Kier molecular flexibility index (Phi) is 4.84. The molecule has 0 spiro atoms. The molecule has 1 aliphatic heterocycles. The highest BCUT2D eigenvalue weighted by Crippen LogP contribution is 2.39. The van der Waals surface area contributed by atoms with Crippen molar-refractivity contribution in [2.75, 3.05) is 13.1 Å². The molecule has 1 saturated heterocycles. The molecular formula is C22H26N6O2. The fourth-order valence-electron chi connectivity index (χ4n) is 4.01. The van der Waals surface area contributed by atoms with Crippen LogP contribution in [0.25, 0.3) is 5.65 Å². The number of piperidine rings is 1. The van der Waals surface area contributed by atoms with Gasteiger partial charge >= 0.3 is 0 Å². The van der Waals surface area contributed by atoms with Gasteiger partial charge in [-0.3, -0.25) is 4.79 Å². The molecule has 2 aliphatic rings. The average molecular weight is 406 g/mol. The summed E-state index contributed by atoms with van der Waals surface area (Å²) in [6.07, 6.45) is 5.79. The largest absolute Gasteiger partial charge is 0.475 e. The van der Waals surface area contributed by atoms with Crippen molar-refractivity contribution in [2.24, 2.45) is 0 Å². The first kappa shape index (κ1) is 19.0. The van der Waals surface area contributed by atoms with Crippen LogP contribution in [-0.4, -0.2) is 54.8 Å². The van der Waals surface area contributed by atoms with E-state index < -0.39 is 0 Å². The number of fused-ring (bicyclic) bond motifs is 1. The zero-order chi connectivity index (χ0) is 20.7. The third-order valence-electron chi connectivity index (χ3n) is 5.79. The first-order chi connectivity index (χ1) is 14.6. The number of likely N-dealkylation sites (tertiary alicyclic amines) is 1. The van der Waals surface area contributed by atoms with Crippen LogP contribution in [0.5, 0.6) is 5.88 Å². The van der Waals surface area contributed by atoms with Gasteiger partial charge in [0, 0.05) is 37.2 Å². The van der Waals surface area contributed by atoms with E-state index >= 15 is 0 Å².